The van der Waals surface area contributed by atoms with Gasteiger partial charge in [0.25, 0.3) is 0 Å². The van der Waals surface area contributed by atoms with E-state index in [1.165, 1.54) is 6.92 Å². The van der Waals surface area contributed by atoms with Gasteiger partial charge in [0.05, 0.1) is 17.3 Å². The van der Waals surface area contributed by atoms with Crippen molar-refractivity contribution < 1.29 is 40.7 Å². The number of nitrogens with one attached hydrogen (secondary N) is 1. The molecular weight excluding hydrogens is 334 g/mol. The van der Waals surface area contributed by atoms with Crippen LogP contribution >= 0.6 is 0 Å². The monoisotopic (exact) mass is 344 g/mol. The van der Waals surface area contributed by atoms with Crippen molar-refractivity contribution in [1.29, 1.82) is 0 Å². The van der Waals surface area contributed by atoms with E-state index in [4.69, 9.17) is 0 Å². The van der Waals surface area contributed by atoms with Gasteiger partial charge < -0.3 is 10.1 Å². The minimum atomic E-state index is -4.78. The van der Waals surface area contributed by atoms with Gasteiger partial charge in [-0.2, -0.15) is 26.3 Å². The molecule has 1 aromatic heterocycles. The second-order valence-corrected chi connectivity index (χ2v) is 4.36. The van der Waals surface area contributed by atoms with Crippen LogP contribution in [0.1, 0.15) is 24.2 Å². The third-order valence-electron chi connectivity index (χ3n) is 2.46. The summed E-state index contributed by atoms with van der Waals surface area (Å²) in [5.74, 6) is -3.23. The van der Waals surface area contributed by atoms with Gasteiger partial charge in [-0.25, -0.2) is 4.79 Å². The number of carbonyl (C=O) groups is 2. The van der Waals surface area contributed by atoms with Crippen LogP contribution in [-0.4, -0.2) is 29.6 Å². The van der Waals surface area contributed by atoms with Gasteiger partial charge in [-0.3, -0.25) is 9.78 Å². The van der Waals surface area contributed by atoms with Crippen molar-refractivity contribution in [2.24, 2.45) is 0 Å². The molecule has 0 saturated heterocycles. The minimum absolute atomic E-state index is 0.0185. The summed E-state index contributed by atoms with van der Waals surface area (Å²) >= 11 is 0. The Morgan fingerprint density at radius 1 is 1.22 bits per heavy atom. The number of ether oxygens (including phenoxy) is 1. The summed E-state index contributed by atoms with van der Waals surface area (Å²) in [4.78, 5) is 25.8. The van der Waals surface area contributed by atoms with Crippen molar-refractivity contribution in [3.63, 3.8) is 0 Å². The summed E-state index contributed by atoms with van der Waals surface area (Å²) in [6, 6.07) is 0.671. The molecule has 0 saturated carbocycles. The molecule has 0 aliphatic carbocycles. The van der Waals surface area contributed by atoms with E-state index >= 15 is 0 Å². The van der Waals surface area contributed by atoms with Gasteiger partial charge >= 0.3 is 24.2 Å². The molecule has 0 aromatic carbocycles. The van der Waals surface area contributed by atoms with Gasteiger partial charge in [0, 0.05) is 6.20 Å². The molecule has 1 rings (SSSR count). The third kappa shape index (κ3) is 6.12. The van der Waals surface area contributed by atoms with E-state index in [0.29, 0.717) is 12.3 Å². The van der Waals surface area contributed by atoms with Crippen molar-refractivity contribution in [1.82, 2.24) is 10.3 Å². The smallest absolute Gasteiger partial charge is 0.422 e. The molecule has 11 heteroatoms. The SMILES string of the molecule is CC(NC(=O)C(=O)OCC(F)(F)F)c1ccc(C(F)(F)F)cn1. The van der Waals surface area contributed by atoms with Crippen molar-refractivity contribution in [2.75, 3.05) is 6.61 Å². The number of hydrogen-bond donors (Lipinski definition) is 1. The Hall–Kier alpha value is -2.33. The third-order valence-corrected chi connectivity index (χ3v) is 2.46. The molecule has 0 aliphatic heterocycles. The first-order valence-electron chi connectivity index (χ1n) is 5.97. The molecule has 23 heavy (non-hydrogen) atoms. The number of aromatic nitrogens is 1. The fourth-order valence-corrected chi connectivity index (χ4v) is 1.37. The zero-order chi connectivity index (χ0) is 17.8. The van der Waals surface area contributed by atoms with Crippen LogP contribution in [0.2, 0.25) is 0 Å². The van der Waals surface area contributed by atoms with Crippen LogP contribution in [-0.2, 0) is 20.5 Å². The van der Waals surface area contributed by atoms with E-state index in [2.05, 4.69) is 9.72 Å². The highest BCUT2D eigenvalue weighted by Gasteiger charge is 2.32. The van der Waals surface area contributed by atoms with Crippen molar-refractivity contribution >= 4 is 11.9 Å². The first-order valence-corrected chi connectivity index (χ1v) is 5.97. The van der Waals surface area contributed by atoms with Gasteiger partial charge in [-0.15, -0.1) is 0 Å². The average Bonchev–Trinajstić information content (AvgIpc) is 2.43. The van der Waals surface area contributed by atoms with E-state index < -0.39 is 42.4 Å². The Kier molecular flexibility index (Phi) is 5.56. The predicted octanol–water partition coefficient (Wildman–Crippen LogP) is 2.38. The van der Waals surface area contributed by atoms with Crippen LogP contribution in [0.25, 0.3) is 0 Å². The van der Waals surface area contributed by atoms with Crippen LogP contribution in [0.3, 0.4) is 0 Å². The summed E-state index contributed by atoms with van der Waals surface area (Å²) in [5.41, 5.74) is -1.03. The second-order valence-electron chi connectivity index (χ2n) is 4.36. The fraction of sp³-hybridized carbons (Fsp3) is 0.417. The van der Waals surface area contributed by atoms with Crippen LogP contribution in [0.15, 0.2) is 18.3 Å². The van der Waals surface area contributed by atoms with E-state index in [-0.39, 0.29) is 5.69 Å². The zero-order valence-corrected chi connectivity index (χ0v) is 11.5. The van der Waals surface area contributed by atoms with E-state index in [1.807, 2.05) is 5.32 Å². The molecule has 1 amide bonds. The number of pyridine rings is 1. The van der Waals surface area contributed by atoms with Gasteiger partial charge in [-0.05, 0) is 19.1 Å². The standard InChI is InChI=1S/C12H10F6N2O3/c1-6(8-3-2-7(4-19-8)12(16,17)18)20-9(21)10(22)23-5-11(13,14)15/h2-4,6H,5H2,1H3,(H,20,21). The number of halogens is 6. The van der Waals surface area contributed by atoms with Crippen LogP contribution in [0.5, 0.6) is 0 Å². The molecule has 0 aliphatic rings. The number of hydrogen-bond acceptors (Lipinski definition) is 4. The fourth-order valence-electron chi connectivity index (χ4n) is 1.37. The summed E-state index contributed by atoms with van der Waals surface area (Å²) in [6.45, 7) is -0.642. The van der Waals surface area contributed by atoms with Crippen molar-refractivity contribution in [2.45, 2.75) is 25.3 Å². The van der Waals surface area contributed by atoms with Crippen LogP contribution < -0.4 is 5.32 Å². The van der Waals surface area contributed by atoms with Crippen molar-refractivity contribution in [3.05, 3.63) is 29.6 Å². The maximum Gasteiger partial charge on any atom is 0.422 e. The van der Waals surface area contributed by atoms with Gasteiger partial charge in [0.15, 0.2) is 6.61 Å². The zero-order valence-electron chi connectivity index (χ0n) is 11.5. The van der Waals surface area contributed by atoms with Crippen LogP contribution in [0, 0.1) is 0 Å². The van der Waals surface area contributed by atoms with Gasteiger partial charge in [0.2, 0.25) is 0 Å². The molecule has 1 aromatic rings. The lowest BCUT2D eigenvalue weighted by Gasteiger charge is -2.14. The van der Waals surface area contributed by atoms with Crippen molar-refractivity contribution in [3.8, 4) is 0 Å². The highest BCUT2D eigenvalue weighted by Crippen LogP contribution is 2.28. The minimum Gasteiger partial charge on any atom is -0.449 e. The Balaban J connectivity index is 2.63. The number of esters is 1. The normalized spacial score (nSPS) is 13.3. The summed E-state index contributed by atoms with van der Waals surface area (Å²) in [6.07, 6.45) is -8.84. The molecule has 128 valence electrons. The van der Waals surface area contributed by atoms with E-state index in [9.17, 15) is 35.9 Å². The van der Waals surface area contributed by atoms with E-state index in [0.717, 1.165) is 6.07 Å². The molecule has 1 N–H and O–H groups in total. The first-order chi connectivity index (χ1) is 10.4. The lowest BCUT2D eigenvalue weighted by Crippen LogP contribution is -2.36. The lowest BCUT2D eigenvalue weighted by molar-refractivity contribution is -0.187. The number of carbonyl (C=O) groups excluding carboxylic acids is 2. The lowest BCUT2D eigenvalue weighted by atomic mass is 10.2. The Labute approximate surface area is 125 Å². The summed E-state index contributed by atoms with van der Waals surface area (Å²) in [5, 5.41) is 1.97. The Morgan fingerprint density at radius 3 is 2.26 bits per heavy atom. The van der Waals surface area contributed by atoms with Gasteiger partial charge in [0.1, 0.15) is 0 Å². The Bertz CT molecular complexity index is 568. The molecular formula is C12H10F6N2O3. The average molecular weight is 344 g/mol. The van der Waals surface area contributed by atoms with Gasteiger partial charge in [-0.1, -0.05) is 0 Å². The number of amides is 1. The molecule has 0 spiro atoms. The maximum atomic E-state index is 12.4. The number of rotatable bonds is 3. The van der Waals surface area contributed by atoms with Crippen LogP contribution in [0.4, 0.5) is 26.3 Å². The Morgan fingerprint density at radius 2 is 1.83 bits per heavy atom. The second kappa shape index (κ2) is 6.84. The molecule has 0 fully saturated rings. The molecule has 1 unspecified atom stereocenters. The molecule has 1 heterocycles. The maximum absolute atomic E-state index is 12.4. The highest BCUT2D eigenvalue weighted by molar-refractivity contribution is 6.32. The molecule has 0 bridgehead atoms. The summed E-state index contributed by atoms with van der Waals surface area (Å²) in [7, 11) is 0. The number of nitrogens with zero attached hydrogens (tertiary/aromatic N) is 1. The van der Waals surface area contributed by atoms with E-state index in [1.54, 1.807) is 0 Å². The molecule has 1 atom stereocenters. The number of alkyl halides is 6. The predicted molar refractivity (Wildman–Crippen MR) is 62.8 cm³/mol. The quantitative estimate of drug-likeness (QED) is 0.519. The largest absolute Gasteiger partial charge is 0.449 e. The summed E-state index contributed by atoms with van der Waals surface area (Å²) < 4.78 is 76.3. The highest BCUT2D eigenvalue weighted by atomic mass is 19.4. The topological polar surface area (TPSA) is 68.3 Å². The molecule has 0 radical (unpaired) electrons. The first kappa shape index (κ1) is 18.7. The molecule has 5 nitrogen and oxygen atoms in total.